The summed E-state index contributed by atoms with van der Waals surface area (Å²) in [5.41, 5.74) is 4.05. The summed E-state index contributed by atoms with van der Waals surface area (Å²) in [7, 11) is 4.22. The van der Waals surface area contributed by atoms with Gasteiger partial charge in [-0.05, 0) is 49.2 Å². The van der Waals surface area contributed by atoms with Crippen molar-refractivity contribution in [1.29, 1.82) is 0 Å². The molecule has 0 fully saturated rings. The molecule has 0 aliphatic rings. The van der Waals surface area contributed by atoms with Crippen LogP contribution in [0, 0.1) is 6.92 Å². The van der Waals surface area contributed by atoms with Gasteiger partial charge in [-0.1, -0.05) is 23.4 Å². The van der Waals surface area contributed by atoms with Crippen molar-refractivity contribution in [2.24, 2.45) is 5.16 Å². The minimum absolute atomic E-state index is 0.262. The number of oxime groups is 1. The fourth-order valence-electron chi connectivity index (χ4n) is 2.57. The standard InChI is InChI=1S/C20H24N2O5/c1-14-12-16(15(2)21-25-4)10-11-19(14)27-13-17-8-6-7-9-18(17)22(26-5)20(23)24-3/h6-12H,13H2,1-5H3/b21-15+. The number of benzene rings is 2. The van der Waals surface area contributed by atoms with E-state index in [1.165, 1.54) is 21.3 Å². The Kier molecular flexibility index (Phi) is 7.19. The van der Waals surface area contributed by atoms with Crippen LogP contribution in [0.3, 0.4) is 0 Å². The largest absolute Gasteiger partial charge is 0.489 e. The maximum atomic E-state index is 11.9. The molecule has 27 heavy (non-hydrogen) atoms. The second kappa shape index (κ2) is 9.59. The lowest BCUT2D eigenvalue weighted by Gasteiger charge is -2.21. The zero-order chi connectivity index (χ0) is 19.8. The van der Waals surface area contributed by atoms with E-state index in [-0.39, 0.29) is 6.61 Å². The number of aryl methyl sites for hydroxylation is 1. The number of hydroxylamine groups is 1. The molecule has 0 aromatic heterocycles. The van der Waals surface area contributed by atoms with E-state index in [0.717, 1.165) is 33.2 Å². The first kappa shape index (κ1) is 20.3. The van der Waals surface area contributed by atoms with Gasteiger partial charge in [0, 0.05) is 5.56 Å². The number of ether oxygens (including phenoxy) is 2. The van der Waals surface area contributed by atoms with E-state index in [1.54, 1.807) is 6.07 Å². The number of nitrogens with zero attached hydrogens (tertiary/aromatic N) is 2. The number of hydrogen-bond acceptors (Lipinski definition) is 6. The Labute approximate surface area is 159 Å². The highest BCUT2D eigenvalue weighted by Crippen LogP contribution is 2.25. The van der Waals surface area contributed by atoms with E-state index in [9.17, 15) is 4.79 Å². The minimum Gasteiger partial charge on any atom is -0.489 e. The van der Waals surface area contributed by atoms with Crippen molar-refractivity contribution in [1.82, 2.24) is 0 Å². The van der Waals surface area contributed by atoms with Crippen molar-refractivity contribution >= 4 is 17.5 Å². The van der Waals surface area contributed by atoms with Gasteiger partial charge in [0.2, 0.25) is 0 Å². The molecule has 0 aliphatic heterocycles. The predicted molar refractivity (Wildman–Crippen MR) is 103 cm³/mol. The molecule has 0 aliphatic carbocycles. The van der Waals surface area contributed by atoms with Crippen LogP contribution in [0.2, 0.25) is 0 Å². The first-order valence-electron chi connectivity index (χ1n) is 8.33. The molecule has 2 aromatic rings. The maximum Gasteiger partial charge on any atom is 0.438 e. The summed E-state index contributed by atoms with van der Waals surface area (Å²) in [5, 5.41) is 5.02. The van der Waals surface area contributed by atoms with E-state index in [1.807, 2.05) is 50.2 Å². The Balaban J connectivity index is 2.20. The monoisotopic (exact) mass is 372 g/mol. The van der Waals surface area contributed by atoms with Crippen LogP contribution in [0.5, 0.6) is 5.75 Å². The molecule has 0 saturated carbocycles. The minimum atomic E-state index is -0.613. The number of para-hydroxylation sites is 1. The molecule has 2 aromatic carbocycles. The third kappa shape index (κ3) is 4.98. The van der Waals surface area contributed by atoms with Crippen LogP contribution < -0.4 is 9.80 Å². The van der Waals surface area contributed by atoms with Gasteiger partial charge in [-0.3, -0.25) is 4.84 Å². The topological polar surface area (TPSA) is 69.6 Å². The molecular formula is C20H24N2O5. The summed E-state index contributed by atoms with van der Waals surface area (Å²) < 4.78 is 10.7. The fourth-order valence-corrected chi connectivity index (χ4v) is 2.57. The van der Waals surface area contributed by atoms with Gasteiger partial charge in [-0.2, -0.15) is 5.06 Å². The highest BCUT2D eigenvalue weighted by Gasteiger charge is 2.19. The number of rotatable bonds is 7. The van der Waals surface area contributed by atoms with Gasteiger partial charge >= 0.3 is 6.09 Å². The summed E-state index contributed by atoms with van der Waals surface area (Å²) in [4.78, 5) is 21.9. The van der Waals surface area contributed by atoms with Crippen LogP contribution in [-0.4, -0.2) is 33.1 Å². The van der Waals surface area contributed by atoms with Gasteiger partial charge < -0.3 is 14.3 Å². The third-order valence-electron chi connectivity index (χ3n) is 3.94. The smallest absolute Gasteiger partial charge is 0.438 e. The van der Waals surface area contributed by atoms with Crippen LogP contribution in [0.25, 0.3) is 0 Å². The summed E-state index contributed by atoms with van der Waals surface area (Å²) in [6.45, 7) is 4.10. The SMILES string of the molecule is CO/N=C(\C)c1ccc(OCc2ccccc2N(OC)C(=O)OC)c(C)c1. The summed E-state index contributed by atoms with van der Waals surface area (Å²) in [6, 6.07) is 13.1. The lowest BCUT2D eigenvalue weighted by Crippen LogP contribution is -2.30. The Morgan fingerprint density at radius 1 is 1.11 bits per heavy atom. The molecule has 2 rings (SSSR count). The molecule has 1 amide bonds. The van der Waals surface area contributed by atoms with Gasteiger partial charge in [0.1, 0.15) is 19.5 Å². The summed E-state index contributed by atoms with van der Waals surface area (Å²) in [6.07, 6.45) is -0.613. The number of amides is 1. The number of hydrogen-bond donors (Lipinski definition) is 0. The Hall–Kier alpha value is -3.06. The second-order valence-corrected chi connectivity index (χ2v) is 5.70. The van der Waals surface area contributed by atoms with Crippen LogP contribution in [0.4, 0.5) is 10.5 Å². The van der Waals surface area contributed by atoms with Crippen molar-refractivity contribution in [2.45, 2.75) is 20.5 Å². The van der Waals surface area contributed by atoms with E-state index in [2.05, 4.69) is 5.16 Å². The van der Waals surface area contributed by atoms with Crippen LogP contribution >= 0.6 is 0 Å². The van der Waals surface area contributed by atoms with Crippen LogP contribution in [-0.2, 0) is 21.0 Å². The highest BCUT2D eigenvalue weighted by atomic mass is 16.7. The summed E-state index contributed by atoms with van der Waals surface area (Å²) in [5.74, 6) is 0.737. The van der Waals surface area contributed by atoms with Gasteiger partial charge in [0.05, 0.1) is 25.6 Å². The second-order valence-electron chi connectivity index (χ2n) is 5.70. The first-order valence-corrected chi connectivity index (χ1v) is 8.33. The van der Waals surface area contributed by atoms with Gasteiger partial charge in [-0.25, -0.2) is 4.79 Å². The van der Waals surface area contributed by atoms with Crippen LogP contribution in [0.1, 0.15) is 23.6 Å². The molecular weight excluding hydrogens is 348 g/mol. The van der Waals surface area contributed by atoms with Crippen molar-refractivity contribution in [2.75, 3.05) is 26.4 Å². The van der Waals surface area contributed by atoms with E-state index in [4.69, 9.17) is 19.1 Å². The lowest BCUT2D eigenvalue weighted by molar-refractivity contribution is 0.115. The average Bonchev–Trinajstić information content (AvgIpc) is 2.68. The van der Waals surface area contributed by atoms with Crippen molar-refractivity contribution in [3.8, 4) is 5.75 Å². The van der Waals surface area contributed by atoms with Crippen LogP contribution in [0.15, 0.2) is 47.6 Å². The fraction of sp³-hybridized carbons (Fsp3) is 0.300. The molecule has 144 valence electrons. The van der Waals surface area contributed by atoms with Crippen molar-refractivity contribution in [3.63, 3.8) is 0 Å². The maximum absolute atomic E-state index is 11.9. The third-order valence-corrected chi connectivity index (χ3v) is 3.94. The zero-order valence-corrected chi connectivity index (χ0v) is 16.2. The molecule has 7 heteroatoms. The van der Waals surface area contributed by atoms with Crippen molar-refractivity contribution < 1.29 is 23.9 Å². The molecule has 0 atom stereocenters. The molecule has 0 N–H and O–H groups in total. The molecule has 0 unspecified atom stereocenters. The Morgan fingerprint density at radius 3 is 2.48 bits per heavy atom. The quantitative estimate of drug-likeness (QED) is 0.541. The molecule has 0 bridgehead atoms. The van der Waals surface area contributed by atoms with E-state index >= 15 is 0 Å². The Morgan fingerprint density at radius 2 is 1.85 bits per heavy atom. The molecule has 0 heterocycles. The normalized spacial score (nSPS) is 11.1. The van der Waals surface area contributed by atoms with E-state index < -0.39 is 6.09 Å². The molecule has 7 nitrogen and oxygen atoms in total. The highest BCUT2D eigenvalue weighted by molar-refractivity contribution is 5.98. The number of anilines is 1. The first-order chi connectivity index (χ1) is 13.0. The summed E-state index contributed by atoms with van der Waals surface area (Å²) >= 11 is 0. The molecule has 0 saturated heterocycles. The zero-order valence-electron chi connectivity index (χ0n) is 16.2. The van der Waals surface area contributed by atoms with Gasteiger partial charge in [0.15, 0.2) is 0 Å². The Bertz CT molecular complexity index is 820. The molecule has 0 radical (unpaired) electrons. The number of carbonyl (C=O) groups excluding carboxylic acids is 1. The molecule has 0 spiro atoms. The van der Waals surface area contributed by atoms with Crippen molar-refractivity contribution in [3.05, 3.63) is 59.2 Å². The lowest BCUT2D eigenvalue weighted by atomic mass is 10.1. The van der Waals surface area contributed by atoms with E-state index in [0.29, 0.717) is 5.69 Å². The van der Waals surface area contributed by atoms with Gasteiger partial charge in [0.25, 0.3) is 0 Å². The average molecular weight is 372 g/mol. The van der Waals surface area contributed by atoms with Gasteiger partial charge in [-0.15, -0.1) is 0 Å². The number of methoxy groups -OCH3 is 1. The number of carbonyl (C=O) groups is 1. The predicted octanol–water partition coefficient (Wildman–Crippen LogP) is 4.08.